The van der Waals surface area contributed by atoms with Gasteiger partial charge in [0.25, 0.3) is 23.6 Å². The Balaban J connectivity index is 0.000000146. The molecule has 23 heteroatoms. The summed E-state index contributed by atoms with van der Waals surface area (Å²) >= 11 is 3.28. The molecule has 6 aliphatic rings. The summed E-state index contributed by atoms with van der Waals surface area (Å²) in [6, 6.07) is 29.2. The summed E-state index contributed by atoms with van der Waals surface area (Å²) in [5.74, 6) is 2.60. The highest BCUT2D eigenvalue weighted by Crippen LogP contribution is 2.34. The SMILES string of the molecule is O=C1c2ccccc2C(=O)N1CCCBr.O=C1c2ccccc2C(=O)N1CCCOc1ccc(Nc2nc(NC3CCCCC3)c3ncn(C4CCCCO4)c3n2)cc1.Oc1ccc(Nc2nc(NC3CCCCC3)c3ncn(C4CCCCO4)c3n2)cc1. The zero-order valence-electron chi connectivity index (χ0n) is 49.8. The van der Waals surface area contributed by atoms with Crippen LogP contribution in [0.5, 0.6) is 11.5 Å². The Hall–Kier alpha value is -8.54. The number of anilines is 6. The van der Waals surface area contributed by atoms with Crippen LogP contribution in [-0.4, -0.2) is 128 Å². The summed E-state index contributed by atoms with van der Waals surface area (Å²) in [6.45, 7) is 2.68. The summed E-state index contributed by atoms with van der Waals surface area (Å²) < 4.78 is 22.0. The first-order chi connectivity index (χ1) is 43.6. The fraction of sp³-hybridized carbons (Fsp3) is 0.424. The molecule has 0 radical (unpaired) electrons. The van der Waals surface area contributed by atoms with Crippen LogP contribution >= 0.6 is 15.9 Å². The van der Waals surface area contributed by atoms with Crippen molar-refractivity contribution >= 4 is 96.8 Å². The van der Waals surface area contributed by atoms with Gasteiger partial charge in [0, 0.05) is 55.1 Å². The number of aromatic hydroxyl groups is 1. The smallest absolute Gasteiger partial charge is 0.261 e. The van der Waals surface area contributed by atoms with Gasteiger partial charge < -0.3 is 40.6 Å². The van der Waals surface area contributed by atoms with Gasteiger partial charge >= 0.3 is 0 Å². The van der Waals surface area contributed by atoms with Crippen molar-refractivity contribution in [3.05, 3.63) is 132 Å². The number of amides is 4. The predicted molar refractivity (Wildman–Crippen MR) is 343 cm³/mol. The highest BCUT2D eigenvalue weighted by Gasteiger charge is 2.36. The molecule has 2 unspecified atom stereocenters. The van der Waals surface area contributed by atoms with Crippen LogP contribution in [-0.2, 0) is 9.47 Å². The van der Waals surface area contributed by atoms with Crippen molar-refractivity contribution in [1.82, 2.24) is 48.8 Å². The number of nitrogens with one attached hydrogen (secondary N) is 4. The van der Waals surface area contributed by atoms with Crippen LogP contribution in [0, 0.1) is 0 Å². The van der Waals surface area contributed by atoms with Crippen molar-refractivity contribution < 1.29 is 38.5 Å². The van der Waals surface area contributed by atoms with Crippen LogP contribution in [0.4, 0.5) is 34.9 Å². The van der Waals surface area contributed by atoms with Gasteiger partial charge in [-0.05, 0) is 150 Å². The van der Waals surface area contributed by atoms with Crippen molar-refractivity contribution in [2.45, 2.75) is 140 Å². The average Bonchev–Trinajstić information content (AvgIpc) is 2.62. The van der Waals surface area contributed by atoms with Crippen LogP contribution < -0.4 is 26.0 Å². The summed E-state index contributed by atoms with van der Waals surface area (Å²) in [7, 11) is 0. The van der Waals surface area contributed by atoms with Crippen LogP contribution in [0.1, 0.15) is 169 Å². The molecule has 2 atom stereocenters. The number of hydrogen-bond acceptors (Lipinski definition) is 18. The van der Waals surface area contributed by atoms with Crippen molar-refractivity contribution in [2.75, 3.05) is 59.5 Å². The molecule has 14 rings (SSSR count). The molecular weight excluding hydrogens is 1200 g/mol. The number of carbonyl (C=O) groups excluding carboxylic acids is 4. The van der Waals surface area contributed by atoms with E-state index in [0.29, 0.717) is 78.1 Å². The van der Waals surface area contributed by atoms with Gasteiger partial charge in [-0.1, -0.05) is 78.7 Å². The third-order valence-electron chi connectivity index (χ3n) is 17.0. The lowest BCUT2D eigenvalue weighted by atomic mass is 9.95. The average molecular weight is 1270 g/mol. The van der Waals surface area contributed by atoms with Crippen LogP contribution in [0.25, 0.3) is 22.3 Å². The molecule has 2 saturated carbocycles. The molecule has 4 aromatic carbocycles. The predicted octanol–water partition coefficient (Wildman–Crippen LogP) is 12.9. The molecule has 0 bridgehead atoms. The molecule has 4 aliphatic heterocycles. The minimum absolute atomic E-state index is 0.0392. The molecule has 4 fully saturated rings. The standard InChI is InChI=1S/C33H37N7O4.C22H28N6O2.C11H10BrNO2/c41-31-25-11-4-5-12-26(25)32(42)39(31)18-8-20-43-24-16-14-23(15-17-24)36-33-37-29(35-22-9-2-1-3-10-22)28-30(38-33)40(21-34-28)27-13-6-7-19-44-27;29-17-11-9-16(10-12-17)25-22-26-20(24-15-6-2-1-3-7-15)19-21(27-22)28(14-23-19)18-8-4-5-13-30-18;12-6-3-7-13-10(14)8-4-1-2-5-9(8)11(13)15/h4-5,11-12,14-17,21-22,27H,1-3,6-10,13,18-20H2,(H2,35,36,37,38);9-12,14-15,18,29H,1-8,13H2,(H2,24,25,26,27);1-2,4-5H,3,6-7H2. The van der Waals surface area contributed by atoms with Crippen LogP contribution in [0.2, 0.25) is 0 Å². The lowest BCUT2D eigenvalue weighted by molar-refractivity contribution is -0.0299. The zero-order chi connectivity index (χ0) is 61.1. The molecule has 89 heavy (non-hydrogen) atoms. The second kappa shape index (κ2) is 28.7. The second-order valence-electron chi connectivity index (χ2n) is 23.2. The molecule has 22 nitrogen and oxygen atoms in total. The number of phenols is 1. The highest BCUT2D eigenvalue weighted by atomic mass is 79.9. The lowest BCUT2D eigenvalue weighted by Crippen LogP contribution is -2.31. The van der Waals surface area contributed by atoms with E-state index in [0.717, 1.165) is 135 Å². The molecule has 5 N–H and O–H groups in total. The first-order valence-electron chi connectivity index (χ1n) is 31.4. The van der Waals surface area contributed by atoms with Gasteiger partial charge in [-0.25, -0.2) is 9.97 Å². The maximum absolute atomic E-state index is 12.6. The molecule has 8 aromatic rings. The van der Waals surface area contributed by atoms with Gasteiger partial charge in [0.2, 0.25) is 11.9 Å². The van der Waals surface area contributed by atoms with Gasteiger partial charge in [-0.3, -0.25) is 38.1 Å². The van der Waals surface area contributed by atoms with Crippen LogP contribution in [0.15, 0.2) is 110 Å². The fourth-order valence-corrected chi connectivity index (χ4v) is 12.5. The van der Waals surface area contributed by atoms with E-state index in [9.17, 15) is 24.3 Å². The summed E-state index contributed by atoms with van der Waals surface area (Å²) in [5.41, 5.74) is 6.70. The van der Waals surface area contributed by atoms with Crippen molar-refractivity contribution in [1.29, 1.82) is 0 Å². The number of nitrogens with zero attached hydrogens (tertiary/aromatic N) is 10. The van der Waals surface area contributed by atoms with Crippen molar-refractivity contribution in [2.24, 2.45) is 0 Å². The number of hydrogen-bond donors (Lipinski definition) is 5. The maximum Gasteiger partial charge on any atom is 0.261 e. The third-order valence-corrected chi connectivity index (χ3v) is 17.5. The van der Waals surface area contributed by atoms with Gasteiger partial charge in [0.15, 0.2) is 34.0 Å². The quantitative estimate of drug-likeness (QED) is 0.0231. The Morgan fingerprint density at radius 3 is 1.34 bits per heavy atom. The Bertz CT molecular complexity index is 3690. The van der Waals surface area contributed by atoms with Gasteiger partial charge in [-0.2, -0.15) is 19.9 Å². The number of halogens is 1. The Morgan fingerprint density at radius 2 is 0.921 bits per heavy atom. The molecule has 4 aromatic heterocycles. The second-order valence-corrected chi connectivity index (χ2v) is 24.0. The van der Waals surface area contributed by atoms with E-state index in [1.54, 1.807) is 72.8 Å². The van der Waals surface area contributed by atoms with E-state index >= 15 is 0 Å². The minimum atomic E-state index is -0.243. The summed E-state index contributed by atoms with van der Waals surface area (Å²) in [4.78, 5) is 80.0. The van der Waals surface area contributed by atoms with E-state index < -0.39 is 0 Å². The fourth-order valence-electron chi connectivity index (χ4n) is 12.3. The molecule has 2 saturated heterocycles. The Labute approximate surface area is 524 Å². The number of ether oxygens (including phenoxy) is 3. The van der Waals surface area contributed by atoms with Crippen molar-refractivity contribution in [3.63, 3.8) is 0 Å². The third kappa shape index (κ3) is 14.3. The van der Waals surface area contributed by atoms with E-state index in [1.165, 1.54) is 48.3 Å². The number of fused-ring (bicyclic) bond motifs is 4. The summed E-state index contributed by atoms with van der Waals surface area (Å²) in [5, 5.41) is 24.3. The molecule has 2 aliphatic carbocycles. The first kappa shape index (κ1) is 60.7. The van der Waals surface area contributed by atoms with Gasteiger partial charge in [0.1, 0.15) is 24.0 Å². The number of imidazole rings is 2. The number of alkyl halides is 1. The molecule has 4 amide bonds. The maximum atomic E-state index is 12.6. The molecular formula is C66H75BrN14O8. The van der Waals surface area contributed by atoms with Crippen molar-refractivity contribution in [3.8, 4) is 11.5 Å². The summed E-state index contributed by atoms with van der Waals surface area (Å²) in [6.07, 6.45) is 23.2. The lowest BCUT2D eigenvalue weighted by Gasteiger charge is -2.25. The van der Waals surface area contributed by atoms with E-state index in [4.69, 9.17) is 39.1 Å². The number of rotatable bonds is 18. The Morgan fingerprint density at radius 1 is 0.506 bits per heavy atom. The monoisotopic (exact) mass is 1270 g/mol. The topological polar surface area (TPSA) is 258 Å². The number of aromatic nitrogens is 8. The largest absolute Gasteiger partial charge is 0.508 e. The Kier molecular flexibility index (Phi) is 19.6. The van der Waals surface area contributed by atoms with Gasteiger partial charge in [0.05, 0.1) is 41.5 Å². The molecule has 8 heterocycles. The zero-order valence-corrected chi connectivity index (χ0v) is 51.4. The number of benzene rings is 4. The number of phenolic OH excluding ortho intramolecular Hbond substituents is 1. The van der Waals surface area contributed by atoms with Gasteiger partial charge in [-0.15, -0.1) is 0 Å². The van der Waals surface area contributed by atoms with E-state index in [-0.39, 0.29) is 41.8 Å². The normalized spacial score (nSPS) is 18.7. The van der Waals surface area contributed by atoms with E-state index in [1.807, 2.05) is 46.1 Å². The highest BCUT2D eigenvalue weighted by molar-refractivity contribution is 9.09. The molecule has 0 spiro atoms. The number of carbonyl (C=O) groups is 4. The molecule has 464 valence electrons. The van der Waals surface area contributed by atoms with Crippen LogP contribution in [0.3, 0.4) is 0 Å². The first-order valence-corrected chi connectivity index (χ1v) is 32.6. The number of imide groups is 2. The minimum Gasteiger partial charge on any atom is -0.508 e. The van der Waals surface area contributed by atoms with E-state index in [2.05, 4.69) is 42.2 Å².